The number of nitrogens with zero attached hydrogens (tertiary/aromatic N) is 1. The third-order valence-corrected chi connectivity index (χ3v) is 9.32. The minimum atomic E-state index is -1.51. The minimum Gasteiger partial charge on any atom is -0.447 e. The van der Waals surface area contributed by atoms with Crippen LogP contribution in [0.25, 0.3) is 0 Å². The summed E-state index contributed by atoms with van der Waals surface area (Å²) < 4.78 is 16.5. The van der Waals surface area contributed by atoms with Gasteiger partial charge in [0, 0.05) is 11.8 Å². The van der Waals surface area contributed by atoms with Gasteiger partial charge in [-0.2, -0.15) is 0 Å². The van der Waals surface area contributed by atoms with E-state index in [9.17, 15) is 19.5 Å². The van der Waals surface area contributed by atoms with Crippen molar-refractivity contribution in [2.45, 2.75) is 77.4 Å². The van der Waals surface area contributed by atoms with Gasteiger partial charge in [0.2, 0.25) is 5.60 Å². The lowest BCUT2D eigenvalue weighted by atomic mass is 9.45. The Hall–Kier alpha value is -1.93. The lowest BCUT2D eigenvalue weighted by Gasteiger charge is -2.60. The number of carbonyl (C=O) groups is 3. The Morgan fingerprint density at radius 1 is 1.15 bits per heavy atom. The SMILES string of the molecule is CCOC(=O)O[C@]1(C(=O)OCN(C)C)CCC2C3CCC4=CC(=O)CCC4(C)C3C(O)CC21C. The number of hydrogen-bond donors (Lipinski definition) is 1. The number of hydrogen-bond acceptors (Lipinski definition) is 8. The van der Waals surface area contributed by atoms with Crippen LogP contribution in [0.3, 0.4) is 0 Å². The topological polar surface area (TPSA) is 102 Å². The summed E-state index contributed by atoms with van der Waals surface area (Å²) in [5.74, 6) is -0.144. The van der Waals surface area contributed by atoms with Crippen molar-refractivity contribution in [3.8, 4) is 0 Å². The summed E-state index contributed by atoms with van der Waals surface area (Å²) in [6.07, 6.45) is 4.53. The zero-order valence-corrected chi connectivity index (χ0v) is 21.1. The van der Waals surface area contributed by atoms with Gasteiger partial charge in [-0.25, -0.2) is 9.59 Å². The Morgan fingerprint density at radius 3 is 2.56 bits per heavy atom. The Bertz CT molecular complexity index is 884. The van der Waals surface area contributed by atoms with E-state index < -0.39 is 29.2 Å². The van der Waals surface area contributed by atoms with Crippen molar-refractivity contribution >= 4 is 17.9 Å². The van der Waals surface area contributed by atoms with Gasteiger partial charge in [0.05, 0.1) is 12.7 Å². The van der Waals surface area contributed by atoms with E-state index in [1.165, 1.54) is 0 Å². The molecule has 0 spiro atoms. The summed E-state index contributed by atoms with van der Waals surface area (Å²) in [7, 11) is 3.59. The molecule has 8 nitrogen and oxygen atoms in total. The third kappa shape index (κ3) is 3.77. The van der Waals surface area contributed by atoms with Crippen molar-refractivity contribution in [1.29, 1.82) is 0 Å². The Kier molecular flexibility index (Phi) is 6.62. The second-order valence-corrected chi connectivity index (χ2v) is 11.4. The van der Waals surface area contributed by atoms with Gasteiger partial charge in [0.1, 0.15) is 6.73 Å². The van der Waals surface area contributed by atoms with Crippen molar-refractivity contribution < 1.29 is 33.7 Å². The van der Waals surface area contributed by atoms with Crippen LogP contribution in [0.1, 0.15) is 65.7 Å². The molecule has 4 aliphatic carbocycles. The number of aliphatic hydroxyl groups excluding tert-OH is 1. The first-order valence-corrected chi connectivity index (χ1v) is 12.6. The van der Waals surface area contributed by atoms with Crippen LogP contribution in [0.15, 0.2) is 11.6 Å². The monoisotopic (exact) mass is 477 g/mol. The fraction of sp³-hybridized carbons (Fsp3) is 0.808. The standard InChI is InChI=1S/C26H39NO7/c1-6-32-23(31)34-26(22(30)33-15-27(4)5)12-10-19-18-8-7-16-13-17(28)9-11-24(16,2)21(18)20(29)14-25(19,26)3/h13,18-21,29H,6-12,14-15H2,1-5H3/t18?,19?,20?,21?,24?,25?,26-/m0/s1. The number of ether oxygens (including phenoxy) is 3. The van der Waals surface area contributed by atoms with Crippen LogP contribution in [0.5, 0.6) is 0 Å². The summed E-state index contributed by atoms with van der Waals surface area (Å²) in [4.78, 5) is 39.9. The highest BCUT2D eigenvalue weighted by Crippen LogP contribution is 2.68. The van der Waals surface area contributed by atoms with Crippen LogP contribution in [-0.2, 0) is 23.8 Å². The molecule has 0 bridgehead atoms. The van der Waals surface area contributed by atoms with E-state index in [2.05, 4.69) is 6.92 Å². The Labute approximate surface area is 202 Å². The van der Waals surface area contributed by atoms with Gasteiger partial charge in [-0.05, 0) is 88.8 Å². The zero-order valence-electron chi connectivity index (χ0n) is 21.1. The number of aliphatic hydroxyl groups is 1. The van der Waals surface area contributed by atoms with Crippen LogP contribution in [0.4, 0.5) is 4.79 Å². The third-order valence-electron chi connectivity index (χ3n) is 9.32. The zero-order chi connectivity index (χ0) is 24.9. The predicted octanol–water partition coefficient (Wildman–Crippen LogP) is 3.46. The summed E-state index contributed by atoms with van der Waals surface area (Å²) in [5.41, 5.74) is -1.36. The molecule has 0 aromatic heterocycles. The summed E-state index contributed by atoms with van der Waals surface area (Å²) in [6, 6.07) is 0. The lowest BCUT2D eigenvalue weighted by Crippen LogP contribution is -2.63. The van der Waals surface area contributed by atoms with E-state index in [1.807, 2.05) is 13.0 Å². The number of fused-ring (bicyclic) bond motifs is 5. The molecule has 4 aliphatic rings. The molecule has 3 fully saturated rings. The van der Waals surface area contributed by atoms with Gasteiger partial charge in [-0.1, -0.05) is 19.4 Å². The van der Waals surface area contributed by atoms with Gasteiger partial charge in [0.15, 0.2) is 5.78 Å². The number of rotatable bonds is 5. The Morgan fingerprint density at radius 2 is 1.88 bits per heavy atom. The second-order valence-electron chi connectivity index (χ2n) is 11.4. The second kappa shape index (κ2) is 8.94. The summed E-state index contributed by atoms with van der Waals surface area (Å²) >= 11 is 0. The number of allylic oxidation sites excluding steroid dienone is 1. The highest BCUT2D eigenvalue weighted by atomic mass is 16.7. The van der Waals surface area contributed by atoms with E-state index in [-0.39, 0.29) is 42.3 Å². The first-order chi connectivity index (χ1) is 16.0. The Balaban J connectivity index is 1.71. The lowest BCUT2D eigenvalue weighted by molar-refractivity contribution is -0.205. The molecule has 4 rings (SSSR count). The molecule has 0 aliphatic heterocycles. The van der Waals surface area contributed by atoms with Gasteiger partial charge in [-0.15, -0.1) is 0 Å². The van der Waals surface area contributed by atoms with Gasteiger partial charge in [-0.3, -0.25) is 9.69 Å². The molecular weight excluding hydrogens is 438 g/mol. The van der Waals surface area contributed by atoms with Gasteiger partial charge >= 0.3 is 12.1 Å². The van der Waals surface area contributed by atoms with Crippen molar-refractivity contribution in [1.82, 2.24) is 4.90 Å². The number of esters is 1. The van der Waals surface area contributed by atoms with Crippen molar-refractivity contribution in [2.24, 2.45) is 28.6 Å². The van der Waals surface area contributed by atoms with E-state index in [1.54, 1.807) is 25.9 Å². The fourth-order valence-electron chi connectivity index (χ4n) is 7.81. The molecule has 0 radical (unpaired) electrons. The quantitative estimate of drug-likeness (QED) is 0.474. The molecule has 190 valence electrons. The highest BCUT2D eigenvalue weighted by Gasteiger charge is 2.71. The number of ketones is 1. The van der Waals surface area contributed by atoms with Crippen molar-refractivity contribution in [3.63, 3.8) is 0 Å². The van der Waals surface area contributed by atoms with Crippen molar-refractivity contribution in [2.75, 3.05) is 27.4 Å². The average Bonchev–Trinajstić information content (AvgIpc) is 3.04. The van der Waals surface area contributed by atoms with Crippen LogP contribution in [-0.4, -0.2) is 67.1 Å². The molecule has 7 atom stereocenters. The maximum Gasteiger partial charge on any atom is 0.509 e. The minimum absolute atomic E-state index is 0.00913. The number of carbonyl (C=O) groups excluding carboxylic acids is 3. The maximum atomic E-state index is 13.6. The molecule has 3 saturated carbocycles. The van der Waals surface area contributed by atoms with Gasteiger partial charge in [0.25, 0.3) is 0 Å². The first kappa shape index (κ1) is 25.2. The smallest absolute Gasteiger partial charge is 0.447 e. The largest absolute Gasteiger partial charge is 0.509 e. The van der Waals surface area contributed by atoms with Crippen LogP contribution < -0.4 is 0 Å². The molecule has 34 heavy (non-hydrogen) atoms. The molecule has 1 N–H and O–H groups in total. The molecule has 0 saturated heterocycles. The van der Waals surface area contributed by atoms with E-state index in [4.69, 9.17) is 14.2 Å². The maximum absolute atomic E-state index is 13.6. The summed E-state index contributed by atoms with van der Waals surface area (Å²) in [6.45, 7) is 6.06. The molecule has 0 heterocycles. The predicted molar refractivity (Wildman–Crippen MR) is 124 cm³/mol. The molecule has 0 aromatic rings. The van der Waals surface area contributed by atoms with Crippen LogP contribution in [0, 0.1) is 28.6 Å². The molecular formula is C26H39NO7. The highest BCUT2D eigenvalue weighted by molar-refractivity contribution is 5.91. The normalized spacial score (nSPS) is 41.1. The van der Waals surface area contributed by atoms with E-state index >= 15 is 0 Å². The van der Waals surface area contributed by atoms with E-state index in [0.29, 0.717) is 25.7 Å². The fourth-order valence-corrected chi connectivity index (χ4v) is 7.81. The molecule has 0 aromatic carbocycles. The van der Waals surface area contributed by atoms with Crippen LogP contribution >= 0.6 is 0 Å². The van der Waals surface area contributed by atoms with E-state index in [0.717, 1.165) is 24.8 Å². The van der Waals surface area contributed by atoms with Crippen LogP contribution in [0.2, 0.25) is 0 Å². The first-order valence-electron chi connectivity index (χ1n) is 12.6. The van der Waals surface area contributed by atoms with Gasteiger partial charge < -0.3 is 19.3 Å². The molecule has 0 amide bonds. The molecule has 6 unspecified atom stereocenters. The average molecular weight is 478 g/mol. The summed E-state index contributed by atoms with van der Waals surface area (Å²) in [5, 5.41) is 11.6. The van der Waals surface area contributed by atoms with Crippen molar-refractivity contribution in [3.05, 3.63) is 11.6 Å². The molecule has 8 heteroatoms.